The predicted molar refractivity (Wildman–Crippen MR) is 103 cm³/mol. The monoisotopic (exact) mass is 354 g/mol. The molecule has 5 nitrogen and oxygen atoms in total. The summed E-state index contributed by atoms with van der Waals surface area (Å²) in [6.07, 6.45) is 1.02. The minimum absolute atomic E-state index is 0.0733. The van der Waals surface area contributed by atoms with E-state index in [1.165, 1.54) is 0 Å². The third-order valence-electron chi connectivity index (χ3n) is 4.16. The van der Waals surface area contributed by atoms with Crippen molar-refractivity contribution in [3.8, 4) is 5.75 Å². The van der Waals surface area contributed by atoms with Crippen LogP contribution in [0.4, 0.5) is 5.69 Å². The fraction of sp³-hybridized carbons (Fsp3) is 0.333. The number of amides is 2. The van der Waals surface area contributed by atoms with Crippen LogP contribution >= 0.6 is 0 Å². The molecule has 2 aromatic carbocycles. The largest absolute Gasteiger partial charge is 0.497 e. The number of hydrogen-bond donors (Lipinski definition) is 1. The molecule has 0 aliphatic rings. The molecule has 0 saturated carbocycles. The maximum Gasteiger partial charge on any atom is 0.246 e. The van der Waals surface area contributed by atoms with Gasteiger partial charge in [-0.05, 0) is 43.2 Å². The average Bonchev–Trinajstić information content (AvgIpc) is 2.66. The summed E-state index contributed by atoms with van der Waals surface area (Å²) in [5.41, 5.74) is 1.59. The molecule has 5 heteroatoms. The van der Waals surface area contributed by atoms with Crippen LogP contribution in [0.5, 0.6) is 5.75 Å². The van der Waals surface area contributed by atoms with Crippen molar-refractivity contribution in [1.29, 1.82) is 0 Å². The predicted octanol–water partition coefficient (Wildman–Crippen LogP) is 3.50. The summed E-state index contributed by atoms with van der Waals surface area (Å²) in [5, 5.41) is 2.86. The van der Waals surface area contributed by atoms with Crippen molar-refractivity contribution in [1.82, 2.24) is 4.90 Å². The van der Waals surface area contributed by atoms with Gasteiger partial charge in [-0.15, -0.1) is 0 Å². The standard InChI is InChI=1S/C21H26N2O3/c1-4-13-23(16(2)21(25)22-18-10-6-5-7-11-18)20(24)15-17-9-8-12-19(14-17)26-3/h5-12,14,16H,4,13,15H2,1-3H3,(H,22,25). The van der Waals surface area contributed by atoms with Gasteiger partial charge in [0.15, 0.2) is 0 Å². The summed E-state index contributed by atoms with van der Waals surface area (Å²) in [4.78, 5) is 27.0. The molecule has 1 N–H and O–H groups in total. The molecule has 0 aliphatic heterocycles. The Bertz CT molecular complexity index is 731. The fourth-order valence-electron chi connectivity index (χ4n) is 2.74. The molecule has 0 bridgehead atoms. The first-order chi connectivity index (χ1) is 12.5. The van der Waals surface area contributed by atoms with Crippen molar-refractivity contribution < 1.29 is 14.3 Å². The number of anilines is 1. The van der Waals surface area contributed by atoms with Crippen LogP contribution < -0.4 is 10.1 Å². The first-order valence-electron chi connectivity index (χ1n) is 8.83. The molecule has 1 unspecified atom stereocenters. The van der Waals surface area contributed by atoms with E-state index >= 15 is 0 Å². The SMILES string of the molecule is CCCN(C(=O)Cc1cccc(OC)c1)C(C)C(=O)Nc1ccccc1. The van der Waals surface area contributed by atoms with E-state index in [9.17, 15) is 9.59 Å². The molecular formula is C21H26N2O3. The molecule has 0 radical (unpaired) electrons. The van der Waals surface area contributed by atoms with Gasteiger partial charge in [0.05, 0.1) is 13.5 Å². The number of hydrogen-bond acceptors (Lipinski definition) is 3. The third kappa shape index (κ3) is 5.34. The van der Waals surface area contributed by atoms with Gasteiger partial charge in [-0.2, -0.15) is 0 Å². The van der Waals surface area contributed by atoms with Crippen molar-refractivity contribution >= 4 is 17.5 Å². The highest BCUT2D eigenvalue weighted by Gasteiger charge is 2.25. The van der Waals surface area contributed by atoms with Gasteiger partial charge in [-0.1, -0.05) is 37.3 Å². The Morgan fingerprint density at radius 2 is 1.85 bits per heavy atom. The number of nitrogens with one attached hydrogen (secondary N) is 1. The minimum Gasteiger partial charge on any atom is -0.497 e. The summed E-state index contributed by atoms with van der Waals surface area (Å²) in [7, 11) is 1.60. The van der Waals surface area contributed by atoms with Gasteiger partial charge in [0.1, 0.15) is 11.8 Å². The van der Waals surface area contributed by atoms with Crippen molar-refractivity contribution in [3.05, 3.63) is 60.2 Å². The van der Waals surface area contributed by atoms with Gasteiger partial charge in [0, 0.05) is 12.2 Å². The Balaban J connectivity index is 2.07. The summed E-state index contributed by atoms with van der Waals surface area (Å²) in [5.74, 6) is 0.451. The third-order valence-corrected chi connectivity index (χ3v) is 4.16. The molecule has 0 aromatic heterocycles. The summed E-state index contributed by atoms with van der Waals surface area (Å²) < 4.78 is 5.21. The number of rotatable bonds is 8. The highest BCUT2D eigenvalue weighted by molar-refractivity contribution is 5.97. The van der Waals surface area contributed by atoms with E-state index in [1.807, 2.05) is 61.5 Å². The average molecular weight is 354 g/mol. The molecule has 0 fully saturated rings. The van der Waals surface area contributed by atoms with Crippen LogP contribution in [-0.2, 0) is 16.0 Å². The highest BCUT2D eigenvalue weighted by Crippen LogP contribution is 2.15. The smallest absolute Gasteiger partial charge is 0.246 e. The van der Waals surface area contributed by atoms with Crippen molar-refractivity contribution in [2.75, 3.05) is 19.0 Å². The molecule has 0 saturated heterocycles. The first kappa shape index (κ1) is 19.5. The van der Waals surface area contributed by atoms with E-state index in [-0.39, 0.29) is 18.2 Å². The lowest BCUT2D eigenvalue weighted by atomic mass is 10.1. The van der Waals surface area contributed by atoms with Gasteiger partial charge < -0.3 is 15.0 Å². The number of para-hydroxylation sites is 1. The number of benzene rings is 2. The van der Waals surface area contributed by atoms with Gasteiger partial charge >= 0.3 is 0 Å². The lowest BCUT2D eigenvalue weighted by Gasteiger charge is -2.28. The maximum atomic E-state index is 12.8. The van der Waals surface area contributed by atoms with E-state index in [0.29, 0.717) is 12.3 Å². The molecule has 2 aromatic rings. The van der Waals surface area contributed by atoms with Crippen molar-refractivity contribution in [3.63, 3.8) is 0 Å². The van der Waals surface area contributed by atoms with Crippen LogP contribution in [-0.4, -0.2) is 36.4 Å². The number of carbonyl (C=O) groups excluding carboxylic acids is 2. The molecule has 138 valence electrons. The maximum absolute atomic E-state index is 12.8. The zero-order valence-electron chi connectivity index (χ0n) is 15.6. The molecule has 0 spiro atoms. The Kier molecular flexibility index (Phi) is 7.21. The lowest BCUT2D eigenvalue weighted by molar-refractivity contribution is -0.137. The fourth-order valence-corrected chi connectivity index (χ4v) is 2.74. The molecule has 0 aliphatic carbocycles. The second-order valence-electron chi connectivity index (χ2n) is 6.15. The molecule has 0 heterocycles. The minimum atomic E-state index is -0.548. The van der Waals surface area contributed by atoms with Crippen LogP contribution in [0.2, 0.25) is 0 Å². The Morgan fingerprint density at radius 3 is 2.50 bits per heavy atom. The zero-order chi connectivity index (χ0) is 18.9. The van der Waals surface area contributed by atoms with Crippen LogP contribution in [0.3, 0.4) is 0 Å². The first-order valence-corrected chi connectivity index (χ1v) is 8.83. The second-order valence-corrected chi connectivity index (χ2v) is 6.15. The van der Waals surface area contributed by atoms with Crippen molar-refractivity contribution in [2.24, 2.45) is 0 Å². The van der Waals surface area contributed by atoms with E-state index in [1.54, 1.807) is 18.9 Å². The van der Waals surface area contributed by atoms with E-state index in [2.05, 4.69) is 5.32 Å². The van der Waals surface area contributed by atoms with Crippen molar-refractivity contribution in [2.45, 2.75) is 32.7 Å². The van der Waals surface area contributed by atoms with Gasteiger partial charge in [-0.25, -0.2) is 0 Å². The number of ether oxygens (including phenoxy) is 1. The van der Waals surface area contributed by atoms with E-state index in [0.717, 1.165) is 17.7 Å². The zero-order valence-corrected chi connectivity index (χ0v) is 15.6. The topological polar surface area (TPSA) is 58.6 Å². The van der Waals surface area contributed by atoms with Crippen LogP contribution in [0.25, 0.3) is 0 Å². The summed E-state index contributed by atoms with van der Waals surface area (Å²) >= 11 is 0. The Labute approximate surface area is 155 Å². The molecule has 26 heavy (non-hydrogen) atoms. The van der Waals surface area contributed by atoms with Crippen LogP contribution in [0, 0.1) is 0 Å². The summed E-state index contributed by atoms with van der Waals surface area (Å²) in [6, 6.07) is 16.1. The molecule has 1 atom stereocenters. The van der Waals surface area contributed by atoms with E-state index in [4.69, 9.17) is 4.74 Å². The Hall–Kier alpha value is -2.82. The van der Waals surface area contributed by atoms with Gasteiger partial charge in [0.2, 0.25) is 11.8 Å². The number of carbonyl (C=O) groups is 2. The molecule has 2 amide bonds. The van der Waals surface area contributed by atoms with Gasteiger partial charge in [0.25, 0.3) is 0 Å². The quantitative estimate of drug-likeness (QED) is 0.789. The van der Waals surface area contributed by atoms with Crippen LogP contribution in [0.1, 0.15) is 25.8 Å². The van der Waals surface area contributed by atoms with E-state index < -0.39 is 6.04 Å². The van der Waals surface area contributed by atoms with Gasteiger partial charge in [-0.3, -0.25) is 9.59 Å². The normalized spacial score (nSPS) is 11.5. The Morgan fingerprint density at radius 1 is 1.12 bits per heavy atom. The molecular weight excluding hydrogens is 328 g/mol. The lowest BCUT2D eigenvalue weighted by Crippen LogP contribution is -2.46. The van der Waals surface area contributed by atoms with Crippen LogP contribution in [0.15, 0.2) is 54.6 Å². The highest BCUT2D eigenvalue weighted by atomic mass is 16.5. The number of nitrogens with zero attached hydrogens (tertiary/aromatic N) is 1. The molecule has 2 rings (SSSR count). The second kappa shape index (κ2) is 9.61. The number of methoxy groups -OCH3 is 1. The summed E-state index contributed by atoms with van der Waals surface area (Å²) in [6.45, 7) is 4.29.